The number of aromatic nitrogens is 2. The molecule has 0 unspecified atom stereocenters. The molecular formula is C27H32N4O2. The van der Waals surface area contributed by atoms with Gasteiger partial charge in [-0.25, -0.2) is 4.98 Å². The number of fused-ring (bicyclic) bond motifs is 1. The Morgan fingerprint density at radius 3 is 2.42 bits per heavy atom. The van der Waals surface area contributed by atoms with Crippen molar-refractivity contribution in [2.75, 3.05) is 6.54 Å². The van der Waals surface area contributed by atoms with Gasteiger partial charge in [0.2, 0.25) is 5.91 Å². The highest BCUT2D eigenvalue weighted by Crippen LogP contribution is 2.17. The van der Waals surface area contributed by atoms with Crippen LogP contribution in [0.1, 0.15) is 41.6 Å². The van der Waals surface area contributed by atoms with Crippen LogP contribution in [0, 0.1) is 6.92 Å². The van der Waals surface area contributed by atoms with Gasteiger partial charge in [-0.1, -0.05) is 60.7 Å². The molecule has 0 fully saturated rings. The van der Waals surface area contributed by atoms with Crippen molar-refractivity contribution >= 4 is 5.91 Å². The van der Waals surface area contributed by atoms with E-state index in [0.717, 1.165) is 38.0 Å². The molecule has 0 aliphatic carbocycles. The van der Waals surface area contributed by atoms with Gasteiger partial charge in [0, 0.05) is 32.1 Å². The number of nitrogens with zero attached hydrogens (tertiary/aromatic N) is 3. The summed E-state index contributed by atoms with van der Waals surface area (Å²) in [6.07, 6.45) is 2.50. The first-order valence-electron chi connectivity index (χ1n) is 11.7. The summed E-state index contributed by atoms with van der Waals surface area (Å²) in [5, 5.41) is 3.04. The maximum absolute atomic E-state index is 13.3. The standard InChI is InChI=1S/C27H32N4O2/c1-20(13-14-22-9-5-3-6-10-22)28-26(32)19-31-21(2)29-25-15-16-30(18-24(25)27(31)33)17-23-11-7-4-8-12-23/h3-12,20H,13-19H2,1-2H3,(H,28,32)/t20-/m1/s1. The number of rotatable bonds is 8. The minimum atomic E-state index is -0.153. The summed E-state index contributed by atoms with van der Waals surface area (Å²) in [4.78, 5) is 32.9. The molecule has 0 saturated heterocycles. The van der Waals surface area contributed by atoms with E-state index in [9.17, 15) is 9.59 Å². The highest BCUT2D eigenvalue weighted by molar-refractivity contribution is 5.76. The summed E-state index contributed by atoms with van der Waals surface area (Å²) in [7, 11) is 0. The van der Waals surface area contributed by atoms with Crippen LogP contribution in [0.15, 0.2) is 65.5 Å². The van der Waals surface area contributed by atoms with E-state index in [0.29, 0.717) is 17.9 Å². The molecule has 3 aromatic rings. The van der Waals surface area contributed by atoms with Crippen molar-refractivity contribution in [1.29, 1.82) is 0 Å². The van der Waals surface area contributed by atoms with Crippen molar-refractivity contribution in [3.8, 4) is 0 Å². The van der Waals surface area contributed by atoms with E-state index in [1.165, 1.54) is 15.7 Å². The van der Waals surface area contributed by atoms with Crippen LogP contribution in [-0.2, 0) is 37.3 Å². The van der Waals surface area contributed by atoms with E-state index in [1.54, 1.807) is 0 Å². The molecule has 0 bridgehead atoms. The van der Waals surface area contributed by atoms with Crippen LogP contribution >= 0.6 is 0 Å². The summed E-state index contributed by atoms with van der Waals surface area (Å²) in [6.45, 7) is 6.04. The fourth-order valence-electron chi connectivity index (χ4n) is 4.42. The number of nitrogens with one attached hydrogen (secondary N) is 1. The SMILES string of the molecule is Cc1nc2c(c(=O)n1CC(=O)N[C@H](C)CCc1ccccc1)CN(Cc1ccccc1)CC2. The first-order valence-corrected chi connectivity index (χ1v) is 11.7. The Kier molecular flexibility index (Phi) is 7.35. The zero-order valence-corrected chi connectivity index (χ0v) is 19.5. The quantitative estimate of drug-likeness (QED) is 0.579. The Balaban J connectivity index is 1.39. The van der Waals surface area contributed by atoms with Crippen molar-refractivity contribution < 1.29 is 4.79 Å². The Bertz CT molecular complexity index is 1140. The normalized spacial score (nSPS) is 14.5. The predicted molar refractivity (Wildman–Crippen MR) is 130 cm³/mol. The van der Waals surface area contributed by atoms with Crippen LogP contribution in [0.5, 0.6) is 0 Å². The van der Waals surface area contributed by atoms with Gasteiger partial charge in [0.05, 0.1) is 11.3 Å². The third kappa shape index (κ3) is 5.96. The third-order valence-electron chi connectivity index (χ3n) is 6.25. The van der Waals surface area contributed by atoms with Gasteiger partial charge < -0.3 is 5.32 Å². The highest BCUT2D eigenvalue weighted by atomic mass is 16.2. The zero-order valence-electron chi connectivity index (χ0n) is 19.5. The van der Waals surface area contributed by atoms with Crippen LogP contribution in [0.4, 0.5) is 0 Å². The summed E-state index contributed by atoms with van der Waals surface area (Å²) in [6, 6.07) is 20.5. The zero-order chi connectivity index (χ0) is 23.2. The predicted octanol–water partition coefficient (Wildman–Crippen LogP) is 3.25. The van der Waals surface area contributed by atoms with Gasteiger partial charge >= 0.3 is 0 Å². The van der Waals surface area contributed by atoms with Crippen LogP contribution < -0.4 is 10.9 Å². The molecule has 1 amide bonds. The van der Waals surface area contributed by atoms with Crippen molar-refractivity contribution in [1.82, 2.24) is 19.8 Å². The van der Waals surface area contributed by atoms with Crippen molar-refractivity contribution in [2.45, 2.75) is 58.8 Å². The average molecular weight is 445 g/mol. The molecular weight excluding hydrogens is 412 g/mol. The molecule has 1 aliphatic rings. The van der Waals surface area contributed by atoms with Crippen LogP contribution in [0.25, 0.3) is 0 Å². The van der Waals surface area contributed by atoms with Gasteiger partial charge in [-0.3, -0.25) is 19.1 Å². The van der Waals surface area contributed by atoms with E-state index < -0.39 is 0 Å². The molecule has 0 saturated carbocycles. The molecule has 2 heterocycles. The molecule has 6 nitrogen and oxygen atoms in total. The van der Waals surface area contributed by atoms with E-state index in [2.05, 4.69) is 39.5 Å². The van der Waals surface area contributed by atoms with Gasteiger partial charge in [0.15, 0.2) is 0 Å². The van der Waals surface area contributed by atoms with E-state index in [1.807, 2.05) is 50.2 Å². The molecule has 172 valence electrons. The first kappa shape index (κ1) is 22.9. The molecule has 4 rings (SSSR count). The van der Waals surface area contributed by atoms with Gasteiger partial charge in [0.1, 0.15) is 12.4 Å². The number of carbonyl (C=O) groups is 1. The molecule has 33 heavy (non-hydrogen) atoms. The van der Waals surface area contributed by atoms with Gasteiger partial charge in [0.25, 0.3) is 5.56 Å². The number of hydrogen-bond donors (Lipinski definition) is 1. The van der Waals surface area contributed by atoms with Crippen LogP contribution in [0.2, 0.25) is 0 Å². The summed E-state index contributed by atoms with van der Waals surface area (Å²) < 4.78 is 1.52. The van der Waals surface area contributed by atoms with Crippen molar-refractivity contribution in [3.63, 3.8) is 0 Å². The van der Waals surface area contributed by atoms with E-state index >= 15 is 0 Å². The number of hydrogen-bond acceptors (Lipinski definition) is 4. The largest absolute Gasteiger partial charge is 0.352 e. The van der Waals surface area contributed by atoms with Gasteiger partial charge in [-0.2, -0.15) is 0 Å². The molecule has 1 atom stereocenters. The molecule has 1 aliphatic heterocycles. The Labute approximate surface area is 195 Å². The van der Waals surface area contributed by atoms with Crippen molar-refractivity contribution in [2.24, 2.45) is 0 Å². The van der Waals surface area contributed by atoms with E-state index in [4.69, 9.17) is 0 Å². The number of amides is 1. The summed E-state index contributed by atoms with van der Waals surface area (Å²) >= 11 is 0. The maximum atomic E-state index is 13.3. The number of carbonyl (C=O) groups excluding carboxylic acids is 1. The Morgan fingerprint density at radius 1 is 1.06 bits per heavy atom. The minimum absolute atomic E-state index is 0.000686. The highest BCUT2D eigenvalue weighted by Gasteiger charge is 2.23. The first-order chi connectivity index (χ1) is 16.0. The average Bonchev–Trinajstić information content (AvgIpc) is 2.82. The second kappa shape index (κ2) is 10.6. The summed E-state index contributed by atoms with van der Waals surface area (Å²) in [5.74, 6) is 0.446. The Hall–Kier alpha value is -3.25. The molecule has 1 N–H and O–H groups in total. The molecule has 1 aromatic heterocycles. The lowest BCUT2D eigenvalue weighted by Crippen LogP contribution is -2.42. The topological polar surface area (TPSA) is 67.2 Å². The molecule has 6 heteroatoms. The summed E-state index contributed by atoms with van der Waals surface area (Å²) in [5.41, 5.74) is 3.97. The fraction of sp³-hybridized carbons (Fsp3) is 0.370. The van der Waals surface area contributed by atoms with Crippen molar-refractivity contribution in [3.05, 3.63) is 99.2 Å². The van der Waals surface area contributed by atoms with Crippen LogP contribution in [0.3, 0.4) is 0 Å². The number of aryl methyl sites for hydroxylation is 2. The second-order valence-electron chi connectivity index (χ2n) is 8.91. The van der Waals surface area contributed by atoms with E-state index in [-0.39, 0.29) is 24.1 Å². The molecule has 0 radical (unpaired) electrons. The monoisotopic (exact) mass is 444 g/mol. The van der Waals surface area contributed by atoms with Gasteiger partial charge in [-0.15, -0.1) is 0 Å². The lowest BCUT2D eigenvalue weighted by atomic mass is 10.1. The number of benzene rings is 2. The third-order valence-corrected chi connectivity index (χ3v) is 6.25. The fourth-order valence-corrected chi connectivity index (χ4v) is 4.42. The Morgan fingerprint density at radius 2 is 1.73 bits per heavy atom. The lowest BCUT2D eigenvalue weighted by Gasteiger charge is -2.28. The smallest absolute Gasteiger partial charge is 0.258 e. The minimum Gasteiger partial charge on any atom is -0.352 e. The molecule has 0 spiro atoms. The van der Waals surface area contributed by atoms with Gasteiger partial charge in [-0.05, 0) is 37.8 Å². The second-order valence-corrected chi connectivity index (χ2v) is 8.91. The lowest BCUT2D eigenvalue weighted by molar-refractivity contribution is -0.122. The maximum Gasteiger partial charge on any atom is 0.258 e. The van der Waals surface area contributed by atoms with Crippen LogP contribution in [-0.4, -0.2) is 32.9 Å². The molecule has 2 aromatic carbocycles.